The topological polar surface area (TPSA) is 111 Å². The van der Waals surface area contributed by atoms with Gasteiger partial charge in [0.1, 0.15) is 5.75 Å². The molecule has 8 nitrogen and oxygen atoms in total. The van der Waals surface area contributed by atoms with E-state index in [4.69, 9.17) is 21.1 Å². The van der Waals surface area contributed by atoms with E-state index < -0.39 is 28.5 Å². The highest BCUT2D eigenvalue weighted by atomic mass is 35.5. The molecule has 0 bridgehead atoms. The molecule has 0 unspecified atom stereocenters. The predicted octanol–water partition coefficient (Wildman–Crippen LogP) is 2.05. The molecule has 0 saturated heterocycles. The van der Waals surface area contributed by atoms with E-state index in [2.05, 4.69) is 10.0 Å². The van der Waals surface area contributed by atoms with Crippen molar-refractivity contribution in [2.24, 2.45) is 0 Å². The molecule has 2 N–H and O–H groups in total. The monoisotopic (exact) mass is 412 g/mol. The van der Waals surface area contributed by atoms with Gasteiger partial charge in [0.2, 0.25) is 10.0 Å². The SMILES string of the molecule is CNS(=O)(=O)c1ccc(Cl)c(C(=O)OCC(=O)Nc2ccc(OC)cc2)c1. The molecule has 0 fully saturated rings. The van der Waals surface area contributed by atoms with Crippen molar-refractivity contribution in [2.45, 2.75) is 4.90 Å². The largest absolute Gasteiger partial charge is 0.497 e. The molecule has 0 atom stereocenters. The molecule has 0 aliphatic carbocycles. The second-order valence-electron chi connectivity index (χ2n) is 5.20. The Kier molecular flexibility index (Phi) is 6.78. The van der Waals surface area contributed by atoms with Crippen LogP contribution in [0.25, 0.3) is 0 Å². The van der Waals surface area contributed by atoms with E-state index in [-0.39, 0.29) is 15.5 Å². The van der Waals surface area contributed by atoms with Crippen LogP contribution in [-0.2, 0) is 19.6 Å². The summed E-state index contributed by atoms with van der Waals surface area (Å²) in [5.74, 6) is -0.854. The van der Waals surface area contributed by atoms with Crippen LogP contribution in [0, 0.1) is 0 Å². The first kappa shape index (κ1) is 20.7. The fourth-order valence-electron chi connectivity index (χ4n) is 2.03. The van der Waals surface area contributed by atoms with Crippen LogP contribution in [0.15, 0.2) is 47.4 Å². The average molecular weight is 413 g/mol. The summed E-state index contributed by atoms with van der Waals surface area (Å²) >= 11 is 5.93. The van der Waals surface area contributed by atoms with Gasteiger partial charge < -0.3 is 14.8 Å². The van der Waals surface area contributed by atoms with E-state index in [1.54, 1.807) is 24.3 Å². The lowest BCUT2D eigenvalue weighted by molar-refractivity contribution is -0.119. The van der Waals surface area contributed by atoms with Gasteiger partial charge in [0.15, 0.2) is 6.61 Å². The summed E-state index contributed by atoms with van der Waals surface area (Å²) in [6, 6.07) is 10.2. The molecule has 1 amide bonds. The third kappa shape index (κ3) is 5.43. The molecule has 27 heavy (non-hydrogen) atoms. The van der Waals surface area contributed by atoms with Gasteiger partial charge in [-0.25, -0.2) is 17.9 Å². The zero-order chi connectivity index (χ0) is 20.0. The molecule has 2 aromatic carbocycles. The minimum absolute atomic E-state index is 0.00520. The van der Waals surface area contributed by atoms with Gasteiger partial charge in [-0.2, -0.15) is 0 Å². The summed E-state index contributed by atoms with van der Waals surface area (Å²) in [5.41, 5.74) is 0.335. The molecule has 0 heterocycles. The van der Waals surface area contributed by atoms with Gasteiger partial charge in [-0.3, -0.25) is 4.79 Å². The number of esters is 1. The Morgan fingerprint density at radius 1 is 1.11 bits per heavy atom. The first-order valence-electron chi connectivity index (χ1n) is 7.61. The summed E-state index contributed by atoms with van der Waals surface area (Å²) in [7, 11) is -0.990. The summed E-state index contributed by atoms with van der Waals surface area (Å²) in [6.07, 6.45) is 0. The van der Waals surface area contributed by atoms with Crippen LogP contribution in [0.5, 0.6) is 5.75 Å². The van der Waals surface area contributed by atoms with Crippen molar-refractivity contribution < 1.29 is 27.5 Å². The van der Waals surface area contributed by atoms with Crippen LogP contribution >= 0.6 is 11.6 Å². The van der Waals surface area contributed by atoms with Crippen LogP contribution in [0.2, 0.25) is 5.02 Å². The number of amides is 1. The van der Waals surface area contributed by atoms with Crippen LogP contribution in [0.3, 0.4) is 0 Å². The zero-order valence-corrected chi connectivity index (χ0v) is 16.1. The average Bonchev–Trinajstić information content (AvgIpc) is 2.67. The van der Waals surface area contributed by atoms with Crippen LogP contribution < -0.4 is 14.8 Å². The predicted molar refractivity (Wildman–Crippen MR) is 99.6 cm³/mol. The Morgan fingerprint density at radius 2 is 1.78 bits per heavy atom. The fraction of sp³-hybridized carbons (Fsp3) is 0.176. The van der Waals surface area contributed by atoms with E-state index in [1.807, 2.05) is 0 Å². The molecule has 0 aliphatic heterocycles. The first-order chi connectivity index (χ1) is 12.8. The van der Waals surface area contributed by atoms with Crippen molar-refractivity contribution >= 4 is 39.2 Å². The van der Waals surface area contributed by atoms with Crippen LogP contribution in [0.4, 0.5) is 5.69 Å². The Labute approximate surface area is 161 Å². The molecule has 2 aromatic rings. The van der Waals surface area contributed by atoms with Gasteiger partial charge in [-0.1, -0.05) is 11.6 Å². The maximum Gasteiger partial charge on any atom is 0.340 e. The number of sulfonamides is 1. The third-order valence-electron chi connectivity index (χ3n) is 3.44. The standard InChI is InChI=1S/C17H17ClN2O6S/c1-19-27(23,24)13-7-8-15(18)14(9-13)17(22)26-10-16(21)20-11-3-5-12(25-2)6-4-11/h3-9,19H,10H2,1-2H3,(H,20,21). The second kappa shape index (κ2) is 8.85. The summed E-state index contributed by atoms with van der Waals surface area (Å²) < 4.78 is 35.7. The highest BCUT2D eigenvalue weighted by Gasteiger charge is 2.19. The number of hydrogen-bond donors (Lipinski definition) is 2. The molecule has 0 aliphatic rings. The number of hydrogen-bond acceptors (Lipinski definition) is 6. The quantitative estimate of drug-likeness (QED) is 0.673. The first-order valence-corrected chi connectivity index (χ1v) is 9.47. The van der Waals surface area contributed by atoms with Gasteiger partial charge in [0.25, 0.3) is 5.91 Å². The van der Waals surface area contributed by atoms with Crippen molar-refractivity contribution in [2.75, 3.05) is 26.1 Å². The summed E-state index contributed by atoms with van der Waals surface area (Å²) in [5, 5.41) is 2.55. The van der Waals surface area contributed by atoms with Crippen molar-refractivity contribution in [1.82, 2.24) is 4.72 Å². The number of methoxy groups -OCH3 is 1. The normalized spacial score (nSPS) is 10.9. The molecule has 10 heteroatoms. The highest BCUT2D eigenvalue weighted by molar-refractivity contribution is 7.89. The highest BCUT2D eigenvalue weighted by Crippen LogP contribution is 2.21. The zero-order valence-electron chi connectivity index (χ0n) is 14.5. The molecule has 0 radical (unpaired) electrons. The summed E-state index contributed by atoms with van der Waals surface area (Å²) in [6.45, 7) is -0.565. The number of halogens is 1. The Balaban J connectivity index is 2.02. The fourth-order valence-corrected chi connectivity index (χ4v) is 2.98. The van der Waals surface area contributed by atoms with Crippen molar-refractivity contribution in [3.63, 3.8) is 0 Å². The van der Waals surface area contributed by atoms with Gasteiger partial charge >= 0.3 is 5.97 Å². The Morgan fingerprint density at radius 3 is 2.37 bits per heavy atom. The van der Waals surface area contributed by atoms with E-state index in [0.29, 0.717) is 11.4 Å². The Hall–Kier alpha value is -2.62. The van der Waals surface area contributed by atoms with E-state index in [9.17, 15) is 18.0 Å². The maximum atomic E-state index is 12.2. The van der Waals surface area contributed by atoms with E-state index in [1.165, 1.54) is 26.3 Å². The number of ether oxygens (including phenoxy) is 2. The van der Waals surface area contributed by atoms with Gasteiger partial charge in [0, 0.05) is 5.69 Å². The molecule has 0 saturated carbocycles. The van der Waals surface area contributed by atoms with Crippen molar-refractivity contribution in [3.05, 3.63) is 53.1 Å². The lowest BCUT2D eigenvalue weighted by Crippen LogP contribution is -2.22. The van der Waals surface area contributed by atoms with Crippen molar-refractivity contribution in [3.8, 4) is 5.75 Å². The smallest absolute Gasteiger partial charge is 0.340 e. The maximum absolute atomic E-state index is 12.2. The molecular formula is C17H17ClN2O6S. The van der Waals surface area contributed by atoms with Crippen molar-refractivity contribution in [1.29, 1.82) is 0 Å². The second-order valence-corrected chi connectivity index (χ2v) is 7.50. The number of benzene rings is 2. The van der Waals surface area contributed by atoms with Crippen LogP contribution in [-0.4, -0.2) is 41.1 Å². The number of anilines is 1. The number of carbonyl (C=O) groups excluding carboxylic acids is 2. The molecule has 144 valence electrons. The van der Waals surface area contributed by atoms with E-state index in [0.717, 1.165) is 6.07 Å². The van der Waals surface area contributed by atoms with Gasteiger partial charge in [0.05, 0.1) is 22.6 Å². The summed E-state index contributed by atoms with van der Waals surface area (Å²) in [4.78, 5) is 23.9. The van der Waals surface area contributed by atoms with Gasteiger partial charge in [-0.15, -0.1) is 0 Å². The molecule has 0 aromatic heterocycles. The number of rotatable bonds is 7. The third-order valence-corrected chi connectivity index (χ3v) is 5.19. The lowest BCUT2D eigenvalue weighted by atomic mass is 10.2. The van der Waals surface area contributed by atoms with Crippen LogP contribution in [0.1, 0.15) is 10.4 Å². The number of nitrogens with one attached hydrogen (secondary N) is 2. The molecular weight excluding hydrogens is 396 g/mol. The minimum Gasteiger partial charge on any atom is -0.497 e. The van der Waals surface area contributed by atoms with E-state index >= 15 is 0 Å². The molecule has 2 rings (SSSR count). The van der Waals surface area contributed by atoms with Gasteiger partial charge in [-0.05, 0) is 49.5 Å². The molecule has 0 spiro atoms. The minimum atomic E-state index is -3.75. The number of carbonyl (C=O) groups is 2. The lowest BCUT2D eigenvalue weighted by Gasteiger charge is -2.09. The Bertz CT molecular complexity index is 944.